The van der Waals surface area contributed by atoms with E-state index in [1.165, 1.54) is 29.8 Å². The maximum Gasteiger partial charge on any atom is 0.342 e. The first-order valence-electron chi connectivity index (χ1n) is 6.81. The summed E-state index contributed by atoms with van der Waals surface area (Å²) < 4.78 is 27.5. The third kappa shape index (κ3) is 3.41. The van der Waals surface area contributed by atoms with E-state index in [9.17, 15) is 18.8 Å². The average Bonchev–Trinajstić information content (AvgIpc) is 2.70. The second-order valence-electron chi connectivity index (χ2n) is 5.57. The van der Waals surface area contributed by atoms with Crippen molar-refractivity contribution < 1.29 is 18.8 Å². The van der Waals surface area contributed by atoms with Crippen molar-refractivity contribution in [2.24, 2.45) is 0 Å². The molecule has 1 fully saturated rings. The summed E-state index contributed by atoms with van der Waals surface area (Å²) in [6.45, 7) is 3.39. The number of carbonyl (C=O) groups excluding carboxylic acids is 1. The molecule has 1 aromatic carbocycles. The molecule has 126 valence electrons. The first-order chi connectivity index (χ1) is 10.7. The number of nitrogens with one attached hydrogen (secondary N) is 1. The van der Waals surface area contributed by atoms with E-state index in [0.717, 1.165) is 12.1 Å². The highest BCUT2D eigenvalue weighted by Gasteiger charge is 2.49. The molecule has 2 N–H and O–H groups in total. The van der Waals surface area contributed by atoms with Crippen molar-refractivity contribution in [3.63, 3.8) is 0 Å². The van der Waals surface area contributed by atoms with E-state index in [-0.39, 0.29) is 12.1 Å². The van der Waals surface area contributed by atoms with Gasteiger partial charge in [0.05, 0.1) is 11.3 Å². The lowest BCUT2D eigenvalue weighted by Gasteiger charge is -2.36. The topological polar surface area (TPSA) is 55.8 Å². The van der Waals surface area contributed by atoms with Crippen molar-refractivity contribution in [3.8, 4) is 0 Å². The molecule has 1 aliphatic rings. The van der Waals surface area contributed by atoms with Gasteiger partial charge in [0.1, 0.15) is 22.1 Å². The van der Waals surface area contributed by atoms with E-state index in [1.54, 1.807) is 13.8 Å². The fourth-order valence-electron chi connectivity index (χ4n) is 2.47. The Bertz CT molecular complexity index is 622. The maximum atomic E-state index is 13.9. The minimum absolute atomic E-state index is 0.163. The summed E-state index contributed by atoms with van der Waals surface area (Å²) in [5.41, 5.74) is -0.163. The van der Waals surface area contributed by atoms with Gasteiger partial charge in [-0.1, -0.05) is 30.0 Å². The molecule has 0 aliphatic carbocycles. The number of carbonyl (C=O) groups is 1. The molecule has 0 spiro atoms. The molecule has 0 aromatic heterocycles. The summed E-state index contributed by atoms with van der Waals surface area (Å²) in [5, 5.41) is 13.0. The van der Waals surface area contributed by atoms with Gasteiger partial charge in [-0.2, -0.15) is 5.06 Å². The quantitative estimate of drug-likeness (QED) is 0.493. The molecule has 1 aliphatic heterocycles. The number of benzene rings is 1. The molecule has 2 amide bonds. The molecule has 1 saturated heterocycles. The van der Waals surface area contributed by atoms with Crippen molar-refractivity contribution in [2.75, 3.05) is 7.05 Å². The number of thioether (sulfide) groups is 1. The van der Waals surface area contributed by atoms with Crippen molar-refractivity contribution in [1.29, 1.82) is 0 Å². The Morgan fingerprint density at radius 3 is 2.57 bits per heavy atom. The van der Waals surface area contributed by atoms with Crippen LogP contribution in [0.2, 0.25) is 0 Å². The molecular weight excluding hydrogens is 344 g/mol. The van der Waals surface area contributed by atoms with E-state index in [2.05, 4.69) is 5.32 Å². The fourth-order valence-corrected chi connectivity index (χ4v) is 4.34. The maximum absolute atomic E-state index is 13.9. The third-order valence-corrected chi connectivity index (χ3v) is 5.18. The third-order valence-electron chi connectivity index (χ3n) is 3.55. The number of hydrogen-bond donors (Lipinski definition) is 2. The minimum atomic E-state index is -0.862. The van der Waals surface area contributed by atoms with Crippen LogP contribution in [0.3, 0.4) is 0 Å². The molecular formula is C14H17F2N3O2S2. The monoisotopic (exact) mass is 361 g/mol. The Labute approximate surface area is 142 Å². The Balaban J connectivity index is 2.38. The molecule has 23 heavy (non-hydrogen) atoms. The zero-order valence-electron chi connectivity index (χ0n) is 12.8. The number of hydrogen-bond acceptors (Lipinski definition) is 4. The predicted molar refractivity (Wildman–Crippen MR) is 88.0 cm³/mol. The van der Waals surface area contributed by atoms with Gasteiger partial charge in [-0.05, 0) is 26.0 Å². The van der Waals surface area contributed by atoms with Crippen molar-refractivity contribution >= 4 is 34.3 Å². The van der Waals surface area contributed by atoms with Gasteiger partial charge in [0.15, 0.2) is 0 Å². The number of thiocarbonyl (C=S) groups is 1. The Morgan fingerprint density at radius 1 is 1.48 bits per heavy atom. The summed E-state index contributed by atoms with van der Waals surface area (Å²) in [4.78, 5) is 13.2. The van der Waals surface area contributed by atoms with Crippen LogP contribution < -0.4 is 5.32 Å². The number of nitrogens with zero attached hydrogens (tertiary/aromatic N) is 2. The van der Waals surface area contributed by atoms with Gasteiger partial charge < -0.3 is 10.2 Å². The SMILES string of the molecule is CNC(=O)N(O)C1N(Cc2c(F)cccc2F)C(=S)SC1(C)C. The molecule has 1 atom stereocenters. The van der Waals surface area contributed by atoms with Crippen LogP contribution in [0.1, 0.15) is 19.4 Å². The number of hydroxylamine groups is 2. The van der Waals surface area contributed by atoms with E-state index in [4.69, 9.17) is 12.2 Å². The van der Waals surface area contributed by atoms with Crippen LogP contribution in [0.4, 0.5) is 13.6 Å². The van der Waals surface area contributed by atoms with Crippen molar-refractivity contribution in [2.45, 2.75) is 31.3 Å². The molecule has 0 radical (unpaired) electrons. The van der Waals surface area contributed by atoms with Crippen LogP contribution in [0, 0.1) is 11.6 Å². The van der Waals surface area contributed by atoms with Gasteiger partial charge in [0.2, 0.25) is 0 Å². The van der Waals surface area contributed by atoms with E-state index < -0.39 is 28.6 Å². The van der Waals surface area contributed by atoms with E-state index in [0.29, 0.717) is 9.38 Å². The summed E-state index contributed by atoms with van der Waals surface area (Å²) >= 11 is 6.53. The van der Waals surface area contributed by atoms with Crippen molar-refractivity contribution in [3.05, 3.63) is 35.4 Å². The fraction of sp³-hybridized carbons (Fsp3) is 0.429. The van der Waals surface area contributed by atoms with Gasteiger partial charge in [0, 0.05) is 12.6 Å². The summed E-state index contributed by atoms with van der Waals surface area (Å²) in [6.07, 6.45) is -0.862. The first kappa shape index (κ1) is 17.9. The predicted octanol–water partition coefficient (Wildman–Crippen LogP) is 2.93. The molecule has 2 rings (SSSR count). The second-order valence-corrected chi connectivity index (χ2v) is 7.86. The summed E-state index contributed by atoms with van der Waals surface area (Å²) in [7, 11) is 1.37. The van der Waals surface area contributed by atoms with Crippen molar-refractivity contribution in [1.82, 2.24) is 15.3 Å². The zero-order chi connectivity index (χ0) is 17.4. The number of urea groups is 1. The Hall–Kier alpha value is -1.45. The Kier molecular flexibility index (Phi) is 5.12. The van der Waals surface area contributed by atoms with Gasteiger partial charge >= 0.3 is 6.03 Å². The highest BCUT2D eigenvalue weighted by Crippen LogP contribution is 2.43. The average molecular weight is 361 g/mol. The molecule has 5 nitrogen and oxygen atoms in total. The van der Waals surface area contributed by atoms with E-state index in [1.807, 2.05) is 0 Å². The normalized spacial score (nSPS) is 19.8. The van der Waals surface area contributed by atoms with Gasteiger partial charge in [-0.3, -0.25) is 5.21 Å². The van der Waals surface area contributed by atoms with Crippen LogP contribution in [0.5, 0.6) is 0 Å². The molecule has 0 saturated carbocycles. The van der Waals surface area contributed by atoms with Gasteiger partial charge in [0.25, 0.3) is 0 Å². The van der Waals surface area contributed by atoms with Crippen LogP contribution in [-0.4, -0.2) is 43.5 Å². The van der Waals surface area contributed by atoms with Crippen LogP contribution in [-0.2, 0) is 6.54 Å². The number of rotatable bonds is 3. The summed E-state index contributed by atoms with van der Waals surface area (Å²) in [6, 6.07) is 2.85. The lowest BCUT2D eigenvalue weighted by atomic mass is 10.1. The second kappa shape index (κ2) is 6.58. The van der Waals surface area contributed by atoms with E-state index >= 15 is 0 Å². The molecule has 9 heteroatoms. The number of amides is 2. The summed E-state index contributed by atoms with van der Waals surface area (Å²) in [5.74, 6) is -1.41. The smallest absolute Gasteiger partial charge is 0.339 e. The highest BCUT2D eigenvalue weighted by molar-refractivity contribution is 8.24. The highest BCUT2D eigenvalue weighted by atomic mass is 32.2. The van der Waals surface area contributed by atoms with Crippen LogP contribution in [0.25, 0.3) is 0 Å². The van der Waals surface area contributed by atoms with Gasteiger partial charge in [-0.15, -0.1) is 0 Å². The van der Waals surface area contributed by atoms with Crippen LogP contribution in [0.15, 0.2) is 18.2 Å². The minimum Gasteiger partial charge on any atom is -0.339 e. The number of halogens is 2. The molecule has 1 unspecified atom stereocenters. The molecule has 0 bridgehead atoms. The largest absolute Gasteiger partial charge is 0.342 e. The Morgan fingerprint density at radius 2 is 2.04 bits per heavy atom. The zero-order valence-corrected chi connectivity index (χ0v) is 14.5. The van der Waals surface area contributed by atoms with Gasteiger partial charge in [-0.25, -0.2) is 13.6 Å². The molecule has 1 aromatic rings. The lowest BCUT2D eigenvalue weighted by molar-refractivity contribution is -0.119. The lowest BCUT2D eigenvalue weighted by Crippen LogP contribution is -2.56. The molecule has 1 heterocycles. The standard InChI is InChI=1S/C14H17F2N3O2S2/c1-14(2)11(19(21)12(20)17-3)18(13(22)23-14)7-8-9(15)5-4-6-10(8)16/h4-6,11,21H,7H2,1-3H3,(H,17,20). The first-order valence-corrected chi connectivity index (χ1v) is 8.04. The van der Waals surface area contributed by atoms with Crippen LogP contribution >= 0.6 is 24.0 Å².